The lowest BCUT2D eigenvalue weighted by molar-refractivity contribution is -0.145. The summed E-state index contributed by atoms with van der Waals surface area (Å²) in [5.41, 5.74) is 2.28. The van der Waals surface area contributed by atoms with Crippen molar-refractivity contribution in [1.29, 1.82) is 0 Å². The van der Waals surface area contributed by atoms with Gasteiger partial charge in [-0.05, 0) is 18.9 Å². The molecule has 0 saturated carbocycles. The van der Waals surface area contributed by atoms with E-state index in [2.05, 4.69) is 26.0 Å². The number of aryl methyl sites for hydroxylation is 1. The molecule has 0 N–H and O–H groups in total. The average Bonchev–Trinajstić information content (AvgIpc) is 2.79. The van der Waals surface area contributed by atoms with Gasteiger partial charge in [-0.25, -0.2) is 0 Å². The molecule has 0 radical (unpaired) electrons. The number of esters is 1. The summed E-state index contributed by atoms with van der Waals surface area (Å²) in [6.07, 6.45) is 26.6. The van der Waals surface area contributed by atoms with E-state index in [0.29, 0.717) is 13.0 Å². The van der Waals surface area contributed by atoms with Gasteiger partial charge < -0.3 is 4.74 Å². The molecule has 0 heterocycles. The predicted octanol–water partition coefficient (Wildman–Crippen LogP) is 9.86. The van der Waals surface area contributed by atoms with Crippen molar-refractivity contribution in [3.8, 4) is 0 Å². The minimum atomic E-state index is -0.0570. The maximum absolute atomic E-state index is 11.9. The van der Waals surface area contributed by atoms with Crippen LogP contribution in [0.4, 0.5) is 0 Å². The van der Waals surface area contributed by atoms with Gasteiger partial charge in [-0.3, -0.25) is 4.79 Å². The molecule has 0 amide bonds. The highest BCUT2D eigenvalue weighted by atomic mass is 16.5. The number of ether oxygens (including phenoxy) is 1. The van der Waals surface area contributed by atoms with Crippen LogP contribution in [0.15, 0.2) is 24.3 Å². The second-order valence-electron chi connectivity index (χ2n) is 9.76. The maximum atomic E-state index is 11.9. The lowest BCUT2D eigenvalue weighted by atomic mass is 10.0. The molecule has 0 aromatic heterocycles. The first-order chi connectivity index (χ1) is 15.7. The number of hydrogen-bond donors (Lipinski definition) is 0. The lowest BCUT2D eigenvalue weighted by Gasteiger charge is -2.06. The van der Waals surface area contributed by atoms with E-state index in [9.17, 15) is 4.79 Å². The minimum absolute atomic E-state index is 0.0570. The monoisotopic (exact) mass is 444 g/mol. The Labute approximate surface area is 199 Å². The Kier molecular flexibility index (Phi) is 19.3. The fourth-order valence-corrected chi connectivity index (χ4v) is 4.39. The van der Waals surface area contributed by atoms with Crippen LogP contribution in [0, 0.1) is 6.92 Å². The third-order valence-electron chi connectivity index (χ3n) is 6.47. The number of unbranched alkanes of at least 4 members (excludes halogenated alkanes) is 18. The molecule has 0 aliphatic carbocycles. The van der Waals surface area contributed by atoms with Gasteiger partial charge in [-0.1, -0.05) is 152 Å². The Hall–Kier alpha value is -1.31. The third-order valence-corrected chi connectivity index (χ3v) is 6.47. The molecule has 1 aromatic rings. The van der Waals surface area contributed by atoms with Crippen molar-refractivity contribution < 1.29 is 9.53 Å². The molecular formula is C30H52O2. The van der Waals surface area contributed by atoms with E-state index in [1.165, 1.54) is 115 Å². The molecule has 32 heavy (non-hydrogen) atoms. The molecule has 1 aromatic carbocycles. The summed E-state index contributed by atoms with van der Waals surface area (Å²) >= 11 is 0. The predicted molar refractivity (Wildman–Crippen MR) is 139 cm³/mol. The number of hydrogen-bond acceptors (Lipinski definition) is 2. The number of rotatable bonds is 22. The first-order valence-electron chi connectivity index (χ1n) is 13.9. The summed E-state index contributed by atoms with van der Waals surface area (Å²) in [6, 6.07) is 8.16. The average molecular weight is 445 g/mol. The normalized spacial score (nSPS) is 11.1. The van der Waals surface area contributed by atoms with Crippen molar-refractivity contribution in [3.05, 3.63) is 35.4 Å². The smallest absolute Gasteiger partial charge is 0.306 e. The summed E-state index contributed by atoms with van der Waals surface area (Å²) in [4.78, 5) is 11.9. The van der Waals surface area contributed by atoms with Crippen LogP contribution in [0.2, 0.25) is 0 Å². The topological polar surface area (TPSA) is 26.3 Å². The Morgan fingerprint density at radius 1 is 0.656 bits per heavy atom. The van der Waals surface area contributed by atoms with Crippen molar-refractivity contribution in [1.82, 2.24) is 0 Å². The van der Waals surface area contributed by atoms with E-state index in [4.69, 9.17) is 4.74 Å². The van der Waals surface area contributed by atoms with Gasteiger partial charge in [0.2, 0.25) is 0 Å². The zero-order chi connectivity index (χ0) is 23.1. The Bertz CT molecular complexity index is 552. The molecule has 0 spiro atoms. The molecule has 0 fully saturated rings. The highest BCUT2D eigenvalue weighted by Crippen LogP contribution is 2.15. The number of carbonyl (C=O) groups excluding carboxylic acids is 1. The van der Waals surface area contributed by atoms with Crippen LogP contribution >= 0.6 is 0 Å². The van der Waals surface area contributed by atoms with Crippen molar-refractivity contribution in [2.75, 3.05) is 0 Å². The van der Waals surface area contributed by atoms with Crippen LogP contribution in [0.1, 0.15) is 146 Å². The second-order valence-corrected chi connectivity index (χ2v) is 9.76. The number of benzene rings is 1. The molecule has 0 saturated heterocycles. The van der Waals surface area contributed by atoms with E-state index in [1.807, 2.05) is 12.1 Å². The summed E-state index contributed by atoms with van der Waals surface area (Å²) in [5.74, 6) is -0.0570. The van der Waals surface area contributed by atoms with Gasteiger partial charge in [-0.2, -0.15) is 0 Å². The van der Waals surface area contributed by atoms with Crippen LogP contribution in [-0.4, -0.2) is 5.97 Å². The van der Waals surface area contributed by atoms with Crippen LogP contribution in [-0.2, 0) is 16.1 Å². The van der Waals surface area contributed by atoms with Gasteiger partial charge >= 0.3 is 5.97 Å². The Morgan fingerprint density at radius 2 is 1.09 bits per heavy atom. The molecule has 0 aliphatic rings. The molecule has 2 nitrogen and oxygen atoms in total. The Balaban J connectivity index is 1.75. The van der Waals surface area contributed by atoms with Gasteiger partial charge in [-0.15, -0.1) is 0 Å². The molecule has 0 aliphatic heterocycles. The molecule has 0 atom stereocenters. The zero-order valence-corrected chi connectivity index (χ0v) is 21.5. The molecular weight excluding hydrogens is 392 g/mol. The summed E-state index contributed by atoms with van der Waals surface area (Å²) in [5, 5.41) is 0. The van der Waals surface area contributed by atoms with Gasteiger partial charge in [0.05, 0.1) is 0 Å². The van der Waals surface area contributed by atoms with Crippen molar-refractivity contribution in [2.24, 2.45) is 0 Å². The van der Waals surface area contributed by atoms with E-state index in [0.717, 1.165) is 18.4 Å². The molecule has 0 unspecified atom stereocenters. The van der Waals surface area contributed by atoms with Crippen molar-refractivity contribution >= 4 is 5.97 Å². The van der Waals surface area contributed by atoms with Crippen LogP contribution < -0.4 is 0 Å². The second kappa shape index (κ2) is 21.5. The molecule has 0 bridgehead atoms. The fourth-order valence-electron chi connectivity index (χ4n) is 4.39. The van der Waals surface area contributed by atoms with E-state index < -0.39 is 0 Å². The summed E-state index contributed by atoms with van der Waals surface area (Å²) in [6.45, 7) is 4.75. The summed E-state index contributed by atoms with van der Waals surface area (Å²) < 4.78 is 5.38. The number of carbonyl (C=O) groups is 1. The first-order valence-corrected chi connectivity index (χ1v) is 13.9. The molecule has 1 rings (SSSR count). The van der Waals surface area contributed by atoms with E-state index >= 15 is 0 Å². The highest BCUT2D eigenvalue weighted by Gasteiger charge is 2.03. The first kappa shape index (κ1) is 28.7. The SMILES string of the molecule is CCCCCCCCCCCCCCCCCCCCCC(=O)OCc1cccc(C)c1. The van der Waals surface area contributed by atoms with Gasteiger partial charge in [0.25, 0.3) is 0 Å². The van der Waals surface area contributed by atoms with Crippen LogP contribution in [0.5, 0.6) is 0 Å². The van der Waals surface area contributed by atoms with Gasteiger partial charge in [0, 0.05) is 6.42 Å². The van der Waals surface area contributed by atoms with Crippen LogP contribution in [0.25, 0.3) is 0 Å². The molecule has 2 heteroatoms. The quantitative estimate of drug-likeness (QED) is 0.131. The fraction of sp³-hybridized carbons (Fsp3) is 0.767. The standard InChI is InChI=1S/C30H52O2/c1-3-4-5-6-7-8-9-10-11-12-13-14-15-16-17-18-19-20-21-25-30(31)32-27-29-24-22-23-28(2)26-29/h22-24,26H,3-21,25,27H2,1-2H3. The third kappa shape index (κ3) is 18.3. The summed E-state index contributed by atoms with van der Waals surface area (Å²) in [7, 11) is 0. The zero-order valence-electron chi connectivity index (χ0n) is 21.5. The van der Waals surface area contributed by atoms with Crippen LogP contribution in [0.3, 0.4) is 0 Å². The van der Waals surface area contributed by atoms with E-state index in [1.54, 1.807) is 0 Å². The minimum Gasteiger partial charge on any atom is -0.461 e. The molecule has 184 valence electrons. The lowest BCUT2D eigenvalue weighted by Crippen LogP contribution is -2.04. The van der Waals surface area contributed by atoms with Gasteiger partial charge in [0.15, 0.2) is 0 Å². The highest BCUT2D eigenvalue weighted by molar-refractivity contribution is 5.69. The van der Waals surface area contributed by atoms with E-state index in [-0.39, 0.29) is 5.97 Å². The largest absolute Gasteiger partial charge is 0.461 e. The van der Waals surface area contributed by atoms with Crippen molar-refractivity contribution in [3.63, 3.8) is 0 Å². The van der Waals surface area contributed by atoms with Crippen molar-refractivity contribution in [2.45, 2.75) is 149 Å². The Morgan fingerprint density at radius 3 is 1.53 bits per heavy atom. The van der Waals surface area contributed by atoms with Gasteiger partial charge in [0.1, 0.15) is 6.61 Å². The maximum Gasteiger partial charge on any atom is 0.306 e.